The lowest BCUT2D eigenvalue weighted by molar-refractivity contribution is -0.112. The molecule has 0 aliphatic rings. The van der Waals surface area contributed by atoms with Gasteiger partial charge in [-0.25, -0.2) is 0 Å². The summed E-state index contributed by atoms with van der Waals surface area (Å²) in [6.45, 7) is 0. The fraction of sp³-hybridized carbons (Fsp3) is 0.0435. The van der Waals surface area contributed by atoms with Crippen LogP contribution in [-0.2, 0) is 4.79 Å². The molecule has 0 unspecified atom stereocenters. The van der Waals surface area contributed by atoms with Gasteiger partial charge in [0.15, 0.2) is 0 Å². The zero-order valence-corrected chi connectivity index (χ0v) is 17.4. The van der Waals surface area contributed by atoms with Crippen molar-refractivity contribution in [2.75, 3.05) is 16.9 Å². The third-order valence-corrected chi connectivity index (χ3v) is 5.73. The number of anilines is 2. The predicted octanol–water partition coefficient (Wildman–Crippen LogP) is 6.02. The van der Waals surface area contributed by atoms with Gasteiger partial charge in [0.25, 0.3) is 5.91 Å². The molecule has 4 nitrogen and oxygen atoms in total. The van der Waals surface area contributed by atoms with Crippen molar-refractivity contribution in [1.82, 2.24) is 0 Å². The van der Waals surface area contributed by atoms with E-state index in [-0.39, 0.29) is 5.57 Å². The molecule has 3 rings (SSSR count). The first kappa shape index (κ1) is 20.6. The van der Waals surface area contributed by atoms with E-state index >= 15 is 0 Å². The van der Waals surface area contributed by atoms with Gasteiger partial charge in [-0.2, -0.15) is 5.26 Å². The molecule has 0 saturated carbocycles. The van der Waals surface area contributed by atoms with Crippen LogP contribution in [0.25, 0.3) is 0 Å². The number of nitrogens with one attached hydrogen (secondary N) is 2. The fourth-order valence-electron chi connectivity index (χ4n) is 2.48. The van der Waals surface area contributed by atoms with E-state index in [1.807, 2.05) is 91.2 Å². The largest absolute Gasteiger partial charge is 0.360 e. The Morgan fingerprint density at radius 2 is 1.69 bits per heavy atom. The molecule has 6 heteroatoms. The van der Waals surface area contributed by atoms with Crippen LogP contribution in [0.4, 0.5) is 11.4 Å². The molecule has 0 radical (unpaired) electrons. The maximum atomic E-state index is 12.6. The Balaban J connectivity index is 1.73. The summed E-state index contributed by atoms with van der Waals surface area (Å²) in [4.78, 5) is 15.7. The van der Waals surface area contributed by atoms with Crippen molar-refractivity contribution >= 4 is 40.8 Å². The second-order valence-electron chi connectivity index (χ2n) is 5.91. The summed E-state index contributed by atoms with van der Waals surface area (Å²) in [7, 11) is 0. The molecular formula is C23H19N3OS2. The Morgan fingerprint density at radius 3 is 2.45 bits per heavy atom. The second kappa shape index (κ2) is 10.4. The average Bonchev–Trinajstić information content (AvgIpc) is 2.76. The molecule has 2 N–H and O–H groups in total. The Hall–Kier alpha value is -3.14. The lowest BCUT2D eigenvalue weighted by Crippen LogP contribution is -2.15. The zero-order valence-electron chi connectivity index (χ0n) is 15.8. The highest BCUT2D eigenvalue weighted by Gasteiger charge is 2.12. The smallest absolute Gasteiger partial charge is 0.267 e. The van der Waals surface area contributed by atoms with Gasteiger partial charge in [-0.3, -0.25) is 4.79 Å². The van der Waals surface area contributed by atoms with E-state index in [4.69, 9.17) is 0 Å². The van der Waals surface area contributed by atoms with Crippen LogP contribution in [0.3, 0.4) is 0 Å². The molecule has 3 aromatic carbocycles. The number of hydrogen-bond donors (Lipinski definition) is 2. The number of hydrogen-bond acceptors (Lipinski definition) is 5. The molecule has 0 fully saturated rings. The summed E-state index contributed by atoms with van der Waals surface area (Å²) in [5.41, 5.74) is 1.48. The molecule has 0 bridgehead atoms. The molecular weight excluding hydrogens is 398 g/mol. The van der Waals surface area contributed by atoms with Crippen LogP contribution in [0, 0.1) is 11.3 Å². The maximum Gasteiger partial charge on any atom is 0.267 e. The van der Waals surface area contributed by atoms with Crippen molar-refractivity contribution in [3.63, 3.8) is 0 Å². The Bertz CT molecular complexity index is 1060. The van der Waals surface area contributed by atoms with Crippen molar-refractivity contribution in [3.05, 3.63) is 90.6 Å². The van der Waals surface area contributed by atoms with Gasteiger partial charge in [0.1, 0.15) is 11.6 Å². The number of rotatable bonds is 7. The third kappa shape index (κ3) is 5.92. The number of nitrogens with zero attached hydrogens (tertiary/aromatic N) is 1. The minimum atomic E-state index is -0.456. The third-order valence-electron chi connectivity index (χ3n) is 3.92. The van der Waals surface area contributed by atoms with E-state index < -0.39 is 5.91 Å². The lowest BCUT2D eigenvalue weighted by Gasteiger charge is -2.10. The molecule has 1 amide bonds. The van der Waals surface area contributed by atoms with Gasteiger partial charge < -0.3 is 10.6 Å². The van der Waals surface area contributed by atoms with Crippen LogP contribution in [0.2, 0.25) is 0 Å². The van der Waals surface area contributed by atoms with Gasteiger partial charge in [-0.1, -0.05) is 48.2 Å². The van der Waals surface area contributed by atoms with Gasteiger partial charge in [-0.05, 0) is 48.7 Å². The van der Waals surface area contributed by atoms with Crippen LogP contribution >= 0.6 is 23.5 Å². The second-order valence-corrected chi connectivity index (χ2v) is 7.91. The quantitative estimate of drug-likeness (QED) is 0.280. The van der Waals surface area contributed by atoms with Crippen molar-refractivity contribution < 1.29 is 4.79 Å². The number of benzene rings is 3. The van der Waals surface area contributed by atoms with Crippen molar-refractivity contribution in [2.24, 2.45) is 0 Å². The van der Waals surface area contributed by atoms with Crippen molar-refractivity contribution in [2.45, 2.75) is 14.7 Å². The number of para-hydroxylation sites is 1. The molecule has 29 heavy (non-hydrogen) atoms. The highest BCUT2D eigenvalue weighted by atomic mass is 32.2. The molecule has 0 spiro atoms. The Labute approximate surface area is 179 Å². The number of thioether (sulfide) groups is 1. The van der Waals surface area contributed by atoms with Crippen LogP contribution in [0.5, 0.6) is 0 Å². The molecule has 3 aromatic rings. The van der Waals surface area contributed by atoms with E-state index in [0.717, 1.165) is 20.4 Å². The van der Waals surface area contributed by atoms with E-state index in [9.17, 15) is 10.1 Å². The number of nitriles is 1. The van der Waals surface area contributed by atoms with Crippen LogP contribution < -0.4 is 10.6 Å². The summed E-state index contributed by atoms with van der Waals surface area (Å²) in [6.07, 6.45) is 3.43. The van der Waals surface area contributed by atoms with E-state index in [1.165, 1.54) is 6.20 Å². The van der Waals surface area contributed by atoms with Gasteiger partial charge in [0.2, 0.25) is 0 Å². The van der Waals surface area contributed by atoms with Crippen LogP contribution in [0.15, 0.2) is 105 Å². The normalized spacial score (nSPS) is 10.8. The summed E-state index contributed by atoms with van der Waals surface area (Å²) in [5, 5.41) is 15.3. The highest BCUT2D eigenvalue weighted by Crippen LogP contribution is 2.33. The fourth-order valence-corrected chi connectivity index (χ4v) is 3.86. The minimum absolute atomic E-state index is 0.000862. The summed E-state index contributed by atoms with van der Waals surface area (Å²) < 4.78 is 0. The van der Waals surface area contributed by atoms with Crippen molar-refractivity contribution in [3.8, 4) is 6.07 Å². The first-order valence-corrected chi connectivity index (χ1v) is 10.9. The number of carbonyl (C=O) groups is 1. The first-order chi connectivity index (χ1) is 14.2. The van der Waals surface area contributed by atoms with Crippen LogP contribution in [-0.4, -0.2) is 12.2 Å². The van der Waals surface area contributed by atoms with Gasteiger partial charge in [0.05, 0.1) is 5.69 Å². The van der Waals surface area contributed by atoms with E-state index in [0.29, 0.717) is 5.69 Å². The average molecular weight is 418 g/mol. The van der Waals surface area contributed by atoms with Crippen LogP contribution in [0.1, 0.15) is 0 Å². The number of carbonyl (C=O) groups excluding carboxylic acids is 1. The maximum absolute atomic E-state index is 12.6. The zero-order chi connectivity index (χ0) is 20.5. The lowest BCUT2D eigenvalue weighted by atomic mass is 10.2. The van der Waals surface area contributed by atoms with E-state index in [2.05, 4.69) is 10.6 Å². The molecule has 0 aromatic heterocycles. The molecule has 0 aliphatic heterocycles. The van der Waals surface area contributed by atoms with Gasteiger partial charge in [0, 0.05) is 26.6 Å². The standard InChI is InChI=1S/C23H19N3OS2/c1-28-20-11-7-8-18(14-20)25-16-17(15-24)23(27)26-21-12-5-6-13-22(21)29-19-9-3-2-4-10-19/h2-14,16,25H,1H3,(H,26,27)/b17-16-. The number of amides is 1. The minimum Gasteiger partial charge on any atom is -0.360 e. The highest BCUT2D eigenvalue weighted by molar-refractivity contribution is 7.99. The molecule has 0 atom stereocenters. The van der Waals surface area contributed by atoms with Gasteiger partial charge >= 0.3 is 0 Å². The first-order valence-electron chi connectivity index (χ1n) is 8.84. The van der Waals surface area contributed by atoms with Gasteiger partial charge in [-0.15, -0.1) is 11.8 Å². The summed E-state index contributed by atoms with van der Waals surface area (Å²) in [6, 6.07) is 27.2. The molecule has 0 saturated heterocycles. The van der Waals surface area contributed by atoms with Crippen molar-refractivity contribution in [1.29, 1.82) is 5.26 Å². The topological polar surface area (TPSA) is 64.9 Å². The Kier molecular flexibility index (Phi) is 7.40. The Morgan fingerprint density at radius 1 is 0.966 bits per heavy atom. The molecule has 144 valence electrons. The molecule has 0 aliphatic carbocycles. The SMILES string of the molecule is CSc1cccc(N/C=C(/C#N)C(=O)Nc2ccccc2Sc2ccccc2)c1. The van der Waals surface area contributed by atoms with E-state index in [1.54, 1.807) is 23.5 Å². The summed E-state index contributed by atoms with van der Waals surface area (Å²) >= 11 is 3.18. The summed E-state index contributed by atoms with van der Waals surface area (Å²) in [5.74, 6) is -0.456. The monoisotopic (exact) mass is 417 g/mol. The predicted molar refractivity (Wildman–Crippen MR) is 121 cm³/mol. The molecule has 0 heterocycles.